The average Bonchev–Trinajstić information content (AvgIpc) is 2.82. The third kappa shape index (κ3) is 4.66. The summed E-state index contributed by atoms with van der Waals surface area (Å²) in [7, 11) is 3.07. The third-order valence-electron chi connectivity index (χ3n) is 5.80. The van der Waals surface area contributed by atoms with Gasteiger partial charge in [-0.2, -0.15) is 0 Å². The van der Waals surface area contributed by atoms with Gasteiger partial charge >= 0.3 is 5.97 Å². The molecule has 1 atom stereocenters. The van der Waals surface area contributed by atoms with Crippen molar-refractivity contribution in [3.63, 3.8) is 0 Å². The topological polar surface area (TPSA) is 83.7 Å². The standard InChI is InChI=1S/C24H27N3O4/c1-30-21-9-10-22-17(13-21)12-18(23(28)26-22)14-25-19-5-7-20(8-6-19)27-11-3-4-16(15-27)24(29)31-2/h5-10,12-13,16,25H,3-4,11,14-15H2,1-2H3,(H,26,28). The molecule has 2 aromatic carbocycles. The van der Waals surface area contributed by atoms with Crippen LogP contribution < -0.4 is 20.5 Å². The number of fused-ring (bicyclic) bond motifs is 1. The number of aromatic amines is 1. The maximum Gasteiger partial charge on any atom is 0.310 e. The quantitative estimate of drug-likeness (QED) is 0.593. The van der Waals surface area contributed by atoms with Crippen LogP contribution in [0.2, 0.25) is 0 Å². The second-order valence-corrected chi connectivity index (χ2v) is 7.79. The average molecular weight is 421 g/mol. The SMILES string of the molecule is COC(=O)C1CCCN(c2ccc(NCc3cc4cc(OC)ccc4[nH]c3=O)cc2)C1. The first kappa shape index (κ1) is 20.8. The Morgan fingerprint density at radius 1 is 1.16 bits per heavy atom. The van der Waals surface area contributed by atoms with E-state index in [1.165, 1.54) is 7.11 Å². The van der Waals surface area contributed by atoms with Crippen LogP contribution >= 0.6 is 0 Å². The van der Waals surface area contributed by atoms with Crippen molar-refractivity contribution in [1.29, 1.82) is 0 Å². The minimum Gasteiger partial charge on any atom is -0.497 e. The molecule has 0 bridgehead atoms. The number of ether oxygens (including phenoxy) is 2. The molecule has 3 aromatic rings. The highest BCUT2D eigenvalue weighted by molar-refractivity contribution is 5.80. The molecule has 7 heteroatoms. The first-order valence-corrected chi connectivity index (χ1v) is 10.4. The predicted octanol–water partition coefficient (Wildman–Crippen LogP) is 3.54. The van der Waals surface area contributed by atoms with Gasteiger partial charge in [0.1, 0.15) is 5.75 Å². The summed E-state index contributed by atoms with van der Waals surface area (Å²) in [4.78, 5) is 29.4. The Morgan fingerprint density at radius 2 is 1.97 bits per heavy atom. The van der Waals surface area contributed by atoms with E-state index in [0.29, 0.717) is 18.7 Å². The number of anilines is 2. The maximum absolute atomic E-state index is 12.4. The van der Waals surface area contributed by atoms with E-state index in [0.717, 1.165) is 47.4 Å². The fourth-order valence-electron chi connectivity index (χ4n) is 4.05. The molecule has 31 heavy (non-hydrogen) atoms. The van der Waals surface area contributed by atoms with Crippen molar-refractivity contribution in [2.24, 2.45) is 5.92 Å². The predicted molar refractivity (Wildman–Crippen MR) is 122 cm³/mol. The fourth-order valence-corrected chi connectivity index (χ4v) is 4.05. The lowest BCUT2D eigenvalue weighted by atomic mass is 9.97. The highest BCUT2D eigenvalue weighted by Crippen LogP contribution is 2.25. The van der Waals surface area contributed by atoms with Gasteiger partial charge in [-0.15, -0.1) is 0 Å². The van der Waals surface area contributed by atoms with E-state index in [9.17, 15) is 9.59 Å². The van der Waals surface area contributed by atoms with Gasteiger partial charge in [-0.3, -0.25) is 9.59 Å². The van der Waals surface area contributed by atoms with Crippen LogP contribution in [0.3, 0.4) is 0 Å². The molecular weight excluding hydrogens is 394 g/mol. The van der Waals surface area contributed by atoms with Gasteiger partial charge in [-0.05, 0) is 61.4 Å². The Balaban J connectivity index is 1.43. The number of aromatic nitrogens is 1. The van der Waals surface area contributed by atoms with Gasteiger partial charge in [-0.1, -0.05) is 0 Å². The molecule has 1 aliphatic rings. The van der Waals surface area contributed by atoms with Gasteiger partial charge in [-0.25, -0.2) is 0 Å². The van der Waals surface area contributed by atoms with E-state index >= 15 is 0 Å². The smallest absolute Gasteiger partial charge is 0.310 e. The minimum absolute atomic E-state index is 0.0743. The van der Waals surface area contributed by atoms with Crippen molar-refractivity contribution in [2.75, 3.05) is 37.5 Å². The van der Waals surface area contributed by atoms with Crippen molar-refractivity contribution in [2.45, 2.75) is 19.4 Å². The third-order valence-corrected chi connectivity index (χ3v) is 5.80. The van der Waals surface area contributed by atoms with Crippen molar-refractivity contribution >= 4 is 28.2 Å². The van der Waals surface area contributed by atoms with Crippen LogP contribution in [0.15, 0.2) is 53.3 Å². The van der Waals surface area contributed by atoms with Gasteiger partial charge in [0, 0.05) is 47.5 Å². The number of rotatable bonds is 6. The lowest BCUT2D eigenvalue weighted by Crippen LogP contribution is -2.39. The van der Waals surface area contributed by atoms with Crippen molar-refractivity contribution in [3.8, 4) is 5.75 Å². The summed E-state index contributed by atoms with van der Waals surface area (Å²) in [6.45, 7) is 2.02. The highest BCUT2D eigenvalue weighted by Gasteiger charge is 2.26. The van der Waals surface area contributed by atoms with Gasteiger partial charge in [0.05, 0.1) is 20.1 Å². The zero-order valence-electron chi connectivity index (χ0n) is 17.8. The van der Waals surface area contributed by atoms with E-state index in [1.807, 2.05) is 48.5 Å². The Bertz CT molecular complexity index is 1120. The molecule has 1 fully saturated rings. The van der Waals surface area contributed by atoms with E-state index in [-0.39, 0.29) is 17.4 Å². The van der Waals surface area contributed by atoms with E-state index < -0.39 is 0 Å². The molecule has 0 amide bonds. The summed E-state index contributed by atoms with van der Waals surface area (Å²) >= 11 is 0. The Kier molecular flexibility index (Phi) is 6.11. The van der Waals surface area contributed by atoms with Crippen LogP contribution in [0.5, 0.6) is 5.75 Å². The highest BCUT2D eigenvalue weighted by atomic mass is 16.5. The molecule has 0 radical (unpaired) electrons. The molecule has 162 valence electrons. The number of nitrogens with zero attached hydrogens (tertiary/aromatic N) is 1. The van der Waals surface area contributed by atoms with Crippen LogP contribution in [0.4, 0.5) is 11.4 Å². The second-order valence-electron chi connectivity index (χ2n) is 7.79. The molecule has 0 spiro atoms. The molecule has 2 N–H and O–H groups in total. The van der Waals surface area contributed by atoms with Crippen molar-refractivity contribution in [1.82, 2.24) is 4.98 Å². The number of esters is 1. The van der Waals surface area contributed by atoms with E-state index in [2.05, 4.69) is 15.2 Å². The zero-order chi connectivity index (χ0) is 21.8. The van der Waals surface area contributed by atoms with Crippen LogP contribution in [0.1, 0.15) is 18.4 Å². The molecule has 4 rings (SSSR count). The molecule has 1 aromatic heterocycles. The number of pyridine rings is 1. The summed E-state index contributed by atoms with van der Waals surface area (Å²) in [5, 5.41) is 4.24. The van der Waals surface area contributed by atoms with Crippen molar-refractivity contribution in [3.05, 3.63) is 64.4 Å². The molecule has 7 nitrogen and oxygen atoms in total. The van der Waals surface area contributed by atoms with Crippen LogP contribution in [-0.4, -0.2) is 38.3 Å². The summed E-state index contributed by atoms with van der Waals surface area (Å²) in [6.07, 6.45) is 1.84. The number of hydrogen-bond acceptors (Lipinski definition) is 6. The normalized spacial score (nSPS) is 16.2. The van der Waals surface area contributed by atoms with Gasteiger partial charge in [0.15, 0.2) is 0 Å². The lowest BCUT2D eigenvalue weighted by molar-refractivity contribution is -0.145. The number of methoxy groups -OCH3 is 2. The largest absolute Gasteiger partial charge is 0.497 e. The molecule has 1 unspecified atom stereocenters. The summed E-state index contributed by atoms with van der Waals surface area (Å²) < 4.78 is 10.2. The molecule has 2 heterocycles. The molecule has 1 saturated heterocycles. The zero-order valence-corrected chi connectivity index (χ0v) is 17.8. The minimum atomic E-state index is -0.138. The number of piperidine rings is 1. The molecular formula is C24H27N3O4. The number of carbonyl (C=O) groups is 1. The Hall–Kier alpha value is -3.48. The fraction of sp³-hybridized carbons (Fsp3) is 0.333. The number of hydrogen-bond donors (Lipinski definition) is 2. The number of H-pyrrole nitrogens is 1. The second kappa shape index (κ2) is 9.12. The molecule has 0 saturated carbocycles. The number of carbonyl (C=O) groups excluding carboxylic acids is 1. The van der Waals surface area contributed by atoms with Crippen LogP contribution in [0.25, 0.3) is 10.9 Å². The van der Waals surface area contributed by atoms with Crippen LogP contribution in [-0.2, 0) is 16.1 Å². The Labute approximate surface area is 181 Å². The van der Waals surface area contributed by atoms with Crippen molar-refractivity contribution < 1.29 is 14.3 Å². The van der Waals surface area contributed by atoms with Gasteiger partial charge in [0.25, 0.3) is 5.56 Å². The molecule has 1 aliphatic heterocycles. The Morgan fingerprint density at radius 3 is 2.71 bits per heavy atom. The summed E-state index contributed by atoms with van der Waals surface area (Å²) in [6, 6.07) is 15.5. The first-order valence-electron chi connectivity index (χ1n) is 10.4. The van der Waals surface area contributed by atoms with Gasteiger partial charge in [0.2, 0.25) is 0 Å². The number of nitrogens with one attached hydrogen (secondary N) is 2. The first-order chi connectivity index (χ1) is 15.1. The lowest BCUT2D eigenvalue weighted by Gasteiger charge is -2.33. The van der Waals surface area contributed by atoms with Gasteiger partial charge < -0.3 is 24.7 Å². The molecule has 0 aliphatic carbocycles. The van der Waals surface area contributed by atoms with E-state index in [4.69, 9.17) is 9.47 Å². The van der Waals surface area contributed by atoms with Crippen LogP contribution in [0, 0.1) is 5.92 Å². The number of benzene rings is 2. The maximum atomic E-state index is 12.4. The van der Waals surface area contributed by atoms with E-state index in [1.54, 1.807) is 7.11 Å². The monoisotopic (exact) mass is 421 g/mol. The summed E-state index contributed by atoms with van der Waals surface area (Å²) in [5.74, 6) is 0.539. The summed E-state index contributed by atoms with van der Waals surface area (Å²) in [5.41, 5.74) is 3.33.